The van der Waals surface area contributed by atoms with Crippen LogP contribution in [0.25, 0.3) is 0 Å². The van der Waals surface area contributed by atoms with E-state index in [9.17, 15) is 4.79 Å². The summed E-state index contributed by atoms with van der Waals surface area (Å²) >= 11 is 0. The van der Waals surface area contributed by atoms with Crippen molar-refractivity contribution < 1.29 is 9.32 Å². The molecule has 0 bridgehead atoms. The van der Waals surface area contributed by atoms with Crippen molar-refractivity contribution in [2.45, 2.75) is 31.7 Å². The molecule has 1 saturated carbocycles. The molecular formula is C16H19N5O2. The van der Waals surface area contributed by atoms with Crippen LogP contribution >= 0.6 is 0 Å². The number of carbonyl (C=O) groups excluding carboxylic acids is 1. The molecule has 4 rings (SSSR count). The van der Waals surface area contributed by atoms with E-state index in [-0.39, 0.29) is 11.9 Å². The van der Waals surface area contributed by atoms with Gasteiger partial charge in [-0.2, -0.15) is 0 Å². The molecule has 1 aliphatic heterocycles. The van der Waals surface area contributed by atoms with Crippen molar-refractivity contribution in [3.8, 4) is 0 Å². The van der Waals surface area contributed by atoms with Crippen LogP contribution in [-0.4, -0.2) is 40.2 Å². The topological polar surface area (TPSA) is 84.2 Å². The summed E-state index contributed by atoms with van der Waals surface area (Å²) in [6.07, 6.45) is 5.71. The summed E-state index contributed by atoms with van der Waals surface area (Å²) in [5, 5.41) is 6.95. The van der Waals surface area contributed by atoms with Gasteiger partial charge in [0, 0.05) is 37.5 Å². The molecule has 0 spiro atoms. The fourth-order valence-electron chi connectivity index (χ4n) is 2.97. The second kappa shape index (κ2) is 5.64. The Balaban J connectivity index is 1.40. The van der Waals surface area contributed by atoms with Crippen molar-refractivity contribution in [2.24, 2.45) is 5.92 Å². The Morgan fingerprint density at radius 2 is 2.09 bits per heavy atom. The molecular weight excluding hydrogens is 294 g/mol. The van der Waals surface area contributed by atoms with Crippen molar-refractivity contribution in [3.05, 3.63) is 36.0 Å². The first-order chi connectivity index (χ1) is 11.2. The van der Waals surface area contributed by atoms with E-state index < -0.39 is 0 Å². The van der Waals surface area contributed by atoms with Gasteiger partial charge in [-0.05, 0) is 24.8 Å². The fraction of sp³-hybridized carbons (Fsp3) is 0.500. The molecule has 120 valence electrons. The Labute approximate surface area is 134 Å². The summed E-state index contributed by atoms with van der Waals surface area (Å²) in [6.45, 7) is 3.64. The van der Waals surface area contributed by atoms with Gasteiger partial charge in [0.1, 0.15) is 5.76 Å². The summed E-state index contributed by atoms with van der Waals surface area (Å²) < 4.78 is 5.25. The van der Waals surface area contributed by atoms with Crippen molar-refractivity contribution in [2.75, 3.05) is 18.0 Å². The Morgan fingerprint density at radius 3 is 2.83 bits per heavy atom. The van der Waals surface area contributed by atoms with Crippen LogP contribution in [0.3, 0.4) is 0 Å². The second-order valence-electron chi connectivity index (χ2n) is 6.40. The van der Waals surface area contributed by atoms with E-state index >= 15 is 0 Å². The van der Waals surface area contributed by atoms with Crippen LogP contribution in [0.5, 0.6) is 0 Å². The molecule has 1 aliphatic carbocycles. The third kappa shape index (κ3) is 2.91. The number of nitrogens with one attached hydrogen (secondary N) is 1. The minimum atomic E-state index is -0.173. The number of anilines is 1. The third-order valence-corrected chi connectivity index (χ3v) is 4.50. The summed E-state index contributed by atoms with van der Waals surface area (Å²) in [4.78, 5) is 23.0. The van der Waals surface area contributed by atoms with Gasteiger partial charge >= 0.3 is 0 Å². The average molecular weight is 313 g/mol. The lowest BCUT2D eigenvalue weighted by Crippen LogP contribution is -2.40. The maximum Gasteiger partial charge on any atom is 0.273 e. The standard InChI is InChI=1S/C16H19N5O2/c1-10-8-21(16-17-5-2-6-18-16)9-13(10)19-15(22)12-7-14(23-20-12)11-3-4-11/h2,5-7,10-11,13H,3-4,8-9H2,1H3,(H,19,22)/t10-,13+/m0/s1. The molecule has 2 aromatic rings. The number of carbonyl (C=O) groups is 1. The smallest absolute Gasteiger partial charge is 0.273 e. The number of amides is 1. The van der Waals surface area contributed by atoms with Crippen molar-refractivity contribution in [1.29, 1.82) is 0 Å². The second-order valence-corrected chi connectivity index (χ2v) is 6.40. The van der Waals surface area contributed by atoms with Gasteiger partial charge < -0.3 is 14.7 Å². The molecule has 2 atom stereocenters. The Hall–Kier alpha value is -2.44. The van der Waals surface area contributed by atoms with Crippen molar-refractivity contribution in [3.63, 3.8) is 0 Å². The Kier molecular flexibility index (Phi) is 3.48. The van der Waals surface area contributed by atoms with E-state index in [4.69, 9.17) is 4.52 Å². The van der Waals surface area contributed by atoms with E-state index in [1.54, 1.807) is 24.5 Å². The largest absolute Gasteiger partial charge is 0.360 e. The van der Waals surface area contributed by atoms with Crippen LogP contribution in [-0.2, 0) is 0 Å². The molecule has 1 amide bonds. The fourth-order valence-corrected chi connectivity index (χ4v) is 2.97. The van der Waals surface area contributed by atoms with E-state index in [2.05, 4.69) is 32.3 Å². The maximum atomic E-state index is 12.4. The first kappa shape index (κ1) is 14.2. The summed E-state index contributed by atoms with van der Waals surface area (Å²) in [5.41, 5.74) is 0.369. The molecule has 0 unspecified atom stereocenters. The van der Waals surface area contributed by atoms with Crippen LogP contribution < -0.4 is 10.2 Å². The van der Waals surface area contributed by atoms with Gasteiger partial charge in [-0.25, -0.2) is 9.97 Å². The van der Waals surface area contributed by atoms with Crippen molar-refractivity contribution in [1.82, 2.24) is 20.4 Å². The quantitative estimate of drug-likeness (QED) is 0.923. The monoisotopic (exact) mass is 313 g/mol. The lowest BCUT2D eigenvalue weighted by Gasteiger charge is -2.16. The van der Waals surface area contributed by atoms with Gasteiger partial charge in [0.25, 0.3) is 5.91 Å². The Morgan fingerprint density at radius 1 is 1.30 bits per heavy atom. The van der Waals surface area contributed by atoms with Gasteiger partial charge in [-0.1, -0.05) is 12.1 Å². The minimum Gasteiger partial charge on any atom is -0.360 e. The molecule has 2 aromatic heterocycles. The van der Waals surface area contributed by atoms with Gasteiger partial charge in [-0.3, -0.25) is 4.79 Å². The van der Waals surface area contributed by atoms with Crippen LogP contribution in [0, 0.1) is 5.92 Å². The molecule has 1 saturated heterocycles. The van der Waals surface area contributed by atoms with Crippen LogP contribution in [0.4, 0.5) is 5.95 Å². The zero-order valence-electron chi connectivity index (χ0n) is 13.0. The number of hydrogen-bond donors (Lipinski definition) is 1. The zero-order chi connectivity index (χ0) is 15.8. The molecule has 2 fully saturated rings. The lowest BCUT2D eigenvalue weighted by atomic mass is 10.1. The summed E-state index contributed by atoms with van der Waals surface area (Å²) in [6, 6.07) is 3.61. The van der Waals surface area contributed by atoms with Crippen molar-refractivity contribution >= 4 is 11.9 Å². The molecule has 7 nitrogen and oxygen atoms in total. The molecule has 2 aliphatic rings. The highest BCUT2D eigenvalue weighted by Crippen LogP contribution is 2.40. The molecule has 7 heteroatoms. The third-order valence-electron chi connectivity index (χ3n) is 4.50. The number of aromatic nitrogens is 3. The lowest BCUT2D eigenvalue weighted by molar-refractivity contribution is 0.0924. The van der Waals surface area contributed by atoms with E-state index in [1.165, 1.54) is 0 Å². The minimum absolute atomic E-state index is 0.0485. The predicted octanol–water partition coefficient (Wildman–Crippen LogP) is 1.60. The maximum absolute atomic E-state index is 12.4. The first-order valence-electron chi connectivity index (χ1n) is 8.00. The first-order valence-corrected chi connectivity index (χ1v) is 8.00. The van der Waals surface area contributed by atoms with Gasteiger partial charge in [-0.15, -0.1) is 0 Å². The highest BCUT2D eigenvalue weighted by atomic mass is 16.5. The zero-order valence-corrected chi connectivity index (χ0v) is 13.0. The molecule has 1 N–H and O–H groups in total. The van der Waals surface area contributed by atoms with Gasteiger partial charge in [0.05, 0.1) is 6.04 Å². The van der Waals surface area contributed by atoms with Crippen LogP contribution in [0.2, 0.25) is 0 Å². The number of nitrogens with zero attached hydrogens (tertiary/aromatic N) is 4. The van der Waals surface area contributed by atoms with E-state index in [0.717, 1.165) is 25.1 Å². The molecule has 0 aromatic carbocycles. The normalized spacial score (nSPS) is 24.0. The number of hydrogen-bond acceptors (Lipinski definition) is 6. The van der Waals surface area contributed by atoms with E-state index in [0.29, 0.717) is 30.0 Å². The van der Waals surface area contributed by atoms with Crippen LogP contribution in [0.1, 0.15) is 41.9 Å². The van der Waals surface area contributed by atoms with Crippen LogP contribution in [0.15, 0.2) is 29.0 Å². The summed E-state index contributed by atoms with van der Waals surface area (Å²) in [5.74, 6) is 2.13. The highest BCUT2D eigenvalue weighted by molar-refractivity contribution is 5.92. The predicted molar refractivity (Wildman–Crippen MR) is 83.1 cm³/mol. The van der Waals surface area contributed by atoms with Gasteiger partial charge in [0.15, 0.2) is 5.69 Å². The van der Waals surface area contributed by atoms with Gasteiger partial charge in [0.2, 0.25) is 5.95 Å². The average Bonchev–Trinajstić information content (AvgIpc) is 3.18. The van der Waals surface area contributed by atoms with E-state index in [1.807, 2.05) is 0 Å². The molecule has 3 heterocycles. The SMILES string of the molecule is C[C@H]1CN(c2ncccn2)C[C@H]1NC(=O)c1cc(C2CC2)on1. The summed E-state index contributed by atoms with van der Waals surface area (Å²) in [7, 11) is 0. The molecule has 0 radical (unpaired) electrons. The Bertz CT molecular complexity index is 698. The molecule has 23 heavy (non-hydrogen) atoms. The number of rotatable bonds is 4. The highest BCUT2D eigenvalue weighted by Gasteiger charge is 2.33.